The molecule has 182 valence electrons. The first-order valence-electron chi connectivity index (χ1n) is 11.3. The molecule has 4 rings (SSSR count). The third kappa shape index (κ3) is 6.49. The summed E-state index contributed by atoms with van der Waals surface area (Å²) in [5.74, 6) is -0.0752. The number of nitrogens with one attached hydrogen (secondary N) is 1. The van der Waals surface area contributed by atoms with Crippen LogP contribution in [-0.4, -0.2) is 18.9 Å². The molecule has 0 radical (unpaired) electrons. The van der Waals surface area contributed by atoms with Gasteiger partial charge in [-0.1, -0.05) is 35.9 Å². The quantitative estimate of drug-likeness (QED) is 0.298. The average molecular weight is 503 g/mol. The molecule has 4 aromatic rings. The van der Waals surface area contributed by atoms with E-state index in [4.69, 9.17) is 16.3 Å². The molecule has 0 heterocycles. The van der Waals surface area contributed by atoms with E-state index in [1.54, 1.807) is 78.7 Å². The Morgan fingerprint density at radius 2 is 1.58 bits per heavy atom. The van der Waals surface area contributed by atoms with Crippen LogP contribution in [0.15, 0.2) is 97.1 Å². The van der Waals surface area contributed by atoms with Crippen molar-refractivity contribution in [2.45, 2.75) is 13.0 Å². The summed E-state index contributed by atoms with van der Waals surface area (Å²) in [5.41, 5.74) is 3.25. The highest BCUT2D eigenvalue weighted by molar-refractivity contribution is 6.30. The third-order valence-corrected chi connectivity index (χ3v) is 5.80. The SMILES string of the molecule is COc1ccc(NC(=O)Cc2cccc(N(Cc3ccc(F)cc3)C(=O)c3ccc(Cl)cc3)c2)cc1. The van der Waals surface area contributed by atoms with Crippen LogP contribution in [0.1, 0.15) is 21.5 Å². The highest BCUT2D eigenvalue weighted by Gasteiger charge is 2.19. The minimum absolute atomic E-state index is 0.124. The first-order chi connectivity index (χ1) is 17.4. The van der Waals surface area contributed by atoms with Crippen LogP contribution in [-0.2, 0) is 17.8 Å². The molecule has 1 N–H and O–H groups in total. The first kappa shape index (κ1) is 24.9. The molecule has 5 nitrogen and oxygen atoms in total. The van der Waals surface area contributed by atoms with Gasteiger partial charge >= 0.3 is 0 Å². The Bertz CT molecular complexity index is 1340. The van der Waals surface area contributed by atoms with Crippen molar-refractivity contribution >= 4 is 34.8 Å². The normalized spacial score (nSPS) is 10.5. The van der Waals surface area contributed by atoms with E-state index in [-0.39, 0.29) is 30.6 Å². The van der Waals surface area contributed by atoms with Gasteiger partial charge in [0.25, 0.3) is 5.91 Å². The van der Waals surface area contributed by atoms with Crippen LogP contribution >= 0.6 is 11.6 Å². The molecular weight excluding hydrogens is 479 g/mol. The van der Waals surface area contributed by atoms with Gasteiger partial charge in [0, 0.05) is 22.0 Å². The number of carbonyl (C=O) groups excluding carboxylic acids is 2. The molecule has 4 aromatic carbocycles. The topological polar surface area (TPSA) is 58.6 Å². The predicted octanol–water partition coefficient (Wildman–Crippen LogP) is 6.52. The van der Waals surface area contributed by atoms with Gasteiger partial charge in [-0.2, -0.15) is 0 Å². The number of anilines is 2. The van der Waals surface area contributed by atoms with Gasteiger partial charge in [0.2, 0.25) is 5.91 Å². The molecule has 2 amide bonds. The monoisotopic (exact) mass is 502 g/mol. The number of nitrogens with zero attached hydrogens (tertiary/aromatic N) is 1. The maximum atomic E-state index is 13.5. The predicted molar refractivity (Wildman–Crippen MR) is 140 cm³/mol. The smallest absolute Gasteiger partial charge is 0.258 e. The lowest BCUT2D eigenvalue weighted by Crippen LogP contribution is -2.30. The van der Waals surface area contributed by atoms with Crippen molar-refractivity contribution in [2.75, 3.05) is 17.3 Å². The van der Waals surface area contributed by atoms with Crippen molar-refractivity contribution in [1.82, 2.24) is 0 Å². The number of rotatable bonds is 8. The zero-order chi connectivity index (χ0) is 25.5. The Morgan fingerprint density at radius 3 is 2.25 bits per heavy atom. The largest absolute Gasteiger partial charge is 0.497 e. The summed E-state index contributed by atoms with van der Waals surface area (Å²) in [6.07, 6.45) is 0.124. The Morgan fingerprint density at radius 1 is 0.889 bits per heavy atom. The average Bonchev–Trinajstić information content (AvgIpc) is 2.89. The number of ether oxygens (including phenoxy) is 1. The Hall–Kier alpha value is -4.16. The lowest BCUT2D eigenvalue weighted by molar-refractivity contribution is -0.115. The van der Waals surface area contributed by atoms with Crippen molar-refractivity contribution < 1.29 is 18.7 Å². The molecule has 7 heteroatoms. The summed E-state index contributed by atoms with van der Waals surface area (Å²) in [6, 6.07) is 27.0. The molecule has 0 saturated carbocycles. The van der Waals surface area contributed by atoms with Crippen molar-refractivity contribution in [1.29, 1.82) is 0 Å². The number of benzene rings is 4. The van der Waals surface area contributed by atoms with Crippen molar-refractivity contribution in [3.8, 4) is 5.75 Å². The van der Waals surface area contributed by atoms with E-state index in [0.717, 1.165) is 11.1 Å². The van der Waals surface area contributed by atoms with Crippen molar-refractivity contribution in [3.63, 3.8) is 0 Å². The van der Waals surface area contributed by atoms with Gasteiger partial charge in [-0.25, -0.2) is 4.39 Å². The molecule has 0 atom stereocenters. The highest BCUT2D eigenvalue weighted by atomic mass is 35.5. The van der Waals surface area contributed by atoms with Crippen LogP contribution in [0, 0.1) is 5.82 Å². The minimum Gasteiger partial charge on any atom is -0.497 e. The zero-order valence-electron chi connectivity index (χ0n) is 19.6. The van der Waals surface area contributed by atoms with Gasteiger partial charge in [0.15, 0.2) is 0 Å². The van der Waals surface area contributed by atoms with Gasteiger partial charge in [-0.15, -0.1) is 0 Å². The molecule has 0 unspecified atom stereocenters. The van der Waals surface area contributed by atoms with Crippen LogP contribution in [0.2, 0.25) is 5.02 Å². The molecule has 0 aromatic heterocycles. The second-order valence-corrected chi connectivity index (χ2v) is 8.58. The zero-order valence-corrected chi connectivity index (χ0v) is 20.3. The van der Waals surface area contributed by atoms with Gasteiger partial charge in [-0.05, 0) is 83.9 Å². The van der Waals surface area contributed by atoms with Gasteiger partial charge in [0.1, 0.15) is 11.6 Å². The Balaban J connectivity index is 1.56. The summed E-state index contributed by atoms with van der Waals surface area (Å²) >= 11 is 6.00. The molecule has 0 fully saturated rings. The van der Waals surface area contributed by atoms with Gasteiger partial charge in [0.05, 0.1) is 20.1 Å². The fraction of sp³-hybridized carbons (Fsp3) is 0.103. The number of hydrogen-bond donors (Lipinski definition) is 1. The molecule has 0 bridgehead atoms. The summed E-state index contributed by atoms with van der Waals surface area (Å²) in [4.78, 5) is 27.7. The number of halogens is 2. The third-order valence-electron chi connectivity index (χ3n) is 5.55. The fourth-order valence-corrected chi connectivity index (χ4v) is 3.83. The number of methoxy groups -OCH3 is 1. The van der Waals surface area contributed by atoms with Crippen molar-refractivity contribution in [3.05, 3.63) is 125 Å². The van der Waals surface area contributed by atoms with E-state index < -0.39 is 0 Å². The maximum absolute atomic E-state index is 13.5. The first-order valence-corrected chi connectivity index (χ1v) is 11.6. The van der Waals surface area contributed by atoms with E-state index in [1.165, 1.54) is 12.1 Å². The summed E-state index contributed by atoms with van der Waals surface area (Å²) in [7, 11) is 1.58. The number of hydrogen-bond acceptors (Lipinski definition) is 3. The summed E-state index contributed by atoms with van der Waals surface area (Å²) in [6.45, 7) is 0.225. The van der Waals surface area contributed by atoms with E-state index in [9.17, 15) is 14.0 Å². The summed E-state index contributed by atoms with van der Waals surface area (Å²) < 4.78 is 18.6. The van der Waals surface area contributed by atoms with Crippen molar-refractivity contribution in [2.24, 2.45) is 0 Å². The fourth-order valence-electron chi connectivity index (χ4n) is 3.70. The molecule has 0 spiro atoms. The lowest BCUT2D eigenvalue weighted by Gasteiger charge is -2.24. The van der Waals surface area contributed by atoms with Crippen LogP contribution in [0.4, 0.5) is 15.8 Å². The molecule has 0 aliphatic carbocycles. The number of carbonyl (C=O) groups is 2. The molecule has 0 saturated heterocycles. The maximum Gasteiger partial charge on any atom is 0.258 e. The number of amides is 2. The van der Waals surface area contributed by atoms with Gasteiger partial charge in [-0.3, -0.25) is 9.59 Å². The Labute approximate surface area is 214 Å². The molecule has 0 aliphatic rings. The second kappa shape index (κ2) is 11.5. The van der Waals surface area contributed by atoms with E-state index >= 15 is 0 Å². The Kier molecular flexibility index (Phi) is 7.98. The van der Waals surface area contributed by atoms with E-state index in [1.807, 2.05) is 18.2 Å². The van der Waals surface area contributed by atoms with Gasteiger partial charge < -0.3 is 15.0 Å². The molecule has 36 heavy (non-hydrogen) atoms. The second-order valence-electron chi connectivity index (χ2n) is 8.15. The minimum atomic E-state index is -0.348. The molecule has 0 aliphatic heterocycles. The standard InChI is InChI=1S/C29H24ClFN2O3/c1-36-27-15-13-25(14-16-27)32-28(34)18-21-3-2-4-26(17-21)33(19-20-5-11-24(31)12-6-20)29(35)22-7-9-23(30)10-8-22/h2-17H,18-19H2,1H3,(H,32,34). The van der Waals surface area contributed by atoms with E-state index in [2.05, 4.69) is 5.32 Å². The molecular formula is C29H24ClFN2O3. The van der Waals surface area contributed by atoms with Crippen LogP contribution in [0.5, 0.6) is 5.75 Å². The summed E-state index contributed by atoms with van der Waals surface area (Å²) in [5, 5.41) is 3.40. The highest BCUT2D eigenvalue weighted by Crippen LogP contribution is 2.23. The van der Waals surface area contributed by atoms with E-state index in [0.29, 0.717) is 27.7 Å². The van der Waals surface area contributed by atoms with Crippen LogP contribution in [0.25, 0.3) is 0 Å². The lowest BCUT2D eigenvalue weighted by atomic mass is 10.1. The van der Waals surface area contributed by atoms with Crippen LogP contribution in [0.3, 0.4) is 0 Å². The van der Waals surface area contributed by atoms with Crippen LogP contribution < -0.4 is 15.0 Å².